The lowest BCUT2D eigenvalue weighted by Gasteiger charge is -2.43. The van der Waals surface area contributed by atoms with Crippen molar-refractivity contribution in [3.63, 3.8) is 0 Å². The Morgan fingerprint density at radius 3 is 1.98 bits per heavy atom. The summed E-state index contributed by atoms with van der Waals surface area (Å²) in [6.45, 7) is 7.25. The van der Waals surface area contributed by atoms with Crippen molar-refractivity contribution in [3.05, 3.63) is 153 Å². The van der Waals surface area contributed by atoms with E-state index in [0.717, 1.165) is 47.2 Å². The fraction of sp³-hybridized carbons (Fsp3) is 0.244. The van der Waals surface area contributed by atoms with Crippen molar-refractivity contribution in [2.45, 2.75) is 45.1 Å². The van der Waals surface area contributed by atoms with Crippen LogP contribution in [0.4, 0.5) is 11.4 Å². The van der Waals surface area contributed by atoms with E-state index in [9.17, 15) is 0 Å². The second kappa shape index (κ2) is 13.6. The number of benzene rings is 5. The second-order valence-corrected chi connectivity index (χ2v) is 13.1. The van der Waals surface area contributed by atoms with Crippen LogP contribution in [0, 0.1) is 6.92 Å². The standard InChI is InChI=1S/C41H39BrN2O2/c1-3-45-39-23-30(22-38(42)41(39)46-27-29-16-14-28(2)15-17-29)26-43-33-24-36-34(31-10-6-4-7-11-31)18-20-44-21-19-35(37(25-33)40(36)44)32-12-8-5-9-13-32/h4-17,22-26,34-35H,3,18-21,27H2,1-2H3/t34-,35+. The highest BCUT2D eigenvalue weighted by Gasteiger charge is 2.35. The molecule has 0 fully saturated rings. The lowest BCUT2D eigenvalue weighted by molar-refractivity contribution is 0.267. The van der Waals surface area contributed by atoms with Gasteiger partial charge in [-0.25, -0.2) is 0 Å². The maximum atomic E-state index is 6.26. The Morgan fingerprint density at radius 1 is 0.783 bits per heavy atom. The van der Waals surface area contributed by atoms with Crippen molar-refractivity contribution < 1.29 is 9.47 Å². The zero-order valence-corrected chi connectivity index (χ0v) is 28.0. The van der Waals surface area contributed by atoms with Crippen LogP contribution in [-0.4, -0.2) is 25.9 Å². The van der Waals surface area contributed by atoms with Crippen LogP contribution in [0.25, 0.3) is 0 Å². The Hall–Kier alpha value is -4.35. The van der Waals surface area contributed by atoms with E-state index < -0.39 is 0 Å². The van der Waals surface area contributed by atoms with Gasteiger partial charge in [-0.2, -0.15) is 0 Å². The molecular formula is C41H39BrN2O2. The maximum absolute atomic E-state index is 6.26. The summed E-state index contributed by atoms with van der Waals surface area (Å²) < 4.78 is 13.2. The average Bonchev–Trinajstić information content (AvgIpc) is 3.09. The molecule has 0 aromatic heterocycles. The molecule has 2 atom stereocenters. The maximum Gasteiger partial charge on any atom is 0.175 e. The first kappa shape index (κ1) is 30.3. The van der Waals surface area contributed by atoms with Gasteiger partial charge in [0.1, 0.15) is 6.61 Å². The number of nitrogens with zero attached hydrogens (tertiary/aromatic N) is 2. The molecule has 2 aliphatic heterocycles. The van der Waals surface area contributed by atoms with Crippen molar-refractivity contribution in [2.24, 2.45) is 4.99 Å². The molecule has 0 bridgehead atoms. The molecule has 0 unspecified atom stereocenters. The first-order chi connectivity index (χ1) is 22.6. The SMILES string of the molecule is CCOc1cc(C=Nc2cc3c4c(c2)[C@H](c2ccccc2)CCN4CC[C@@H]3c2ccccc2)cc(Br)c1OCc1ccc(C)cc1. The highest BCUT2D eigenvalue weighted by molar-refractivity contribution is 9.10. The zero-order valence-electron chi connectivity index (χ0n) is 26.5. The summed E-state index contributed by atoms with van der Waals surface area (Å²) in [6.07, 6.45) is 4.16. The molecule has 2 heterocycles. The molecule has 0 saturated carbocycles. The summed E-state index contributed by atoms with van der Waals surface area (Å²) >= 11 is 3.76. The largest absolute Gasteiger partial charge is 0.490 e. The van der Waals surface area contributed by atoms with E-state index in [1.54, 1.807) is 0 Å². The fourth-order valence-electron chi connectivity index (χ4n) is 6.97. The lowest BCUT2D eigenvalue weighted by Crippen LogP contribution is -2.37. The van der Waals surface area contributed by atoms with Crippen LogP contribution in [0.5, 0.6) is 11.5 Å². The summed E-state index contributed by atoms with van der Waals surface area (Å²) in [7, 11) is 0. The molecule has 0 radical (unpaired) electrons. The molecule has 0 saturated heterocycles. The Kier molecular flexibility index (Phi) is 8.94. The number of aryl methyl sites for hydroxylation is 1. The summed E-state index contributed by atoms with van der Waals surface area (Å²) in [5.41, 5.74) is 11.2. The smallest absolute Gasteiger partial charge is 0.175 e. The van der Waals surface area contributed by atoms with E-state index in [2.05, 4.69) is 131 Å². The number of rotatable bonds is 9. The second-order valence-electron chi connectivity index (χ2n) is 12.3. The van der Waals surface area contributed by atoms with Crippen molar-refractivity contribution >= 4 is 33.5 Å². The Bertz CT molecular complexity index is 1760. The predicted octanol–water partition coefficient (Wildman–Crippen LogP) is 10.4. The van der Waals surface area contributed by atoms with E-state index in [4.69, 9.17) is 14.5 Å². The molecule has 0 aliphatic carbocycles. The molecule has 0 spiro atoms. The highest BCUT2D eigenvalue weighted by Crippen LogP contribution is 2.50. The molecule has 232 valence electrons. The highest BCUT2D eigenvalue weighted by atomic mass is 79.9. The fourth-order valence-corrected chi connectivity index (χ4v) is 7.54. The Balaban J connectivity index is 1.25. The number of hydrogen-bond acceptors (Lipinski definition) is 4. The molecule has 0 amide bonds. The summed E-state index contributed by atoms with van der Waals surface area (Å²) in [5, 5.41) is 0. The van der Waals surface area contributed by atoms with Gasteiger partial charge in [-0.15, -0.1) is 0 Å². The predicted molar refractivity (Wildman–Crippen MR) is 193 cm³/mol. The van der Waals surface area contributed by atoms with Gasteiger partial charge in [0.05, 0.1) is 16.8 Å². The summed E-state index contributed by atoms with van der Waals surface area (Å²) in [6, 6.07) is 39.1. The summed E-state index contributed by atoms with van der Waals surface area (Å²) in [5.74, 6) is 2.10. The van der Waals surface area contributed by atoms with Gasteiger partial charge in [-0.1, -0.05) is 90.5 Å². The minimum atomic E-state index is 0.347. The van der Waals surface area contributed by atoms with Gasteiger partial charge in [0.2, 0.25) is 0 Å². The van der Waals surface area contributed by atoms with E-state index in [1.165, 1.54) is 33.5 Å². The summed E-state index contributed by atoms with van der Waals surface area (Å²) in [4.78, 5) is 7.72. The van der Waals surface area contributed by atoms with Crippen LogP contribution in [0.1, 0.15) is 70.5 Å². The number of anilines is 1. The van der Waals surface area contributed by atoms with Gasteiger partial charge >= 0.3 is 0 Å². The van der Waals surface area contributed by atoms with Gasteiger partial charge in [0, 0.05) is 36.8 Å². The first-order valence-corrected chi connectivity index (χ1v) is 17.1. The topological polar surface area (TPSA) is 34.1 Å². The van der Waals surface area contributed by atoms with Crippen LogP contribution in [0.15, 0.2) is 119 Å². The van der Waals surface area contributed by atoms with Gasteiger partial charge in [-0.3, -0.25) is 4.99 Å². The van der Waals surface area contributed by atoms with E-state index in [-0.39, 0.29) is 0 Å². The van der Waals surface area contributed by atoms with Crippen LogP contribution < -0.4 is 14.4 Å². The molecule has 2 aliphatic rings. The van der Waals surface area contributed by atoms with Gasteiger partial charge in [0.15, 0.2) is 11.5 Å². The van der Waals surface area contributed by atoms with Crippen LogP contribution in [0.3, 0.4) is 0 Å². The van der Waals surface area contributed by atoms with Crippen molar-refractivity contribution in [3.8, 4) is 11.5 Å². The molecule has 46 heavy (non-hydrogen) atoms. The molecule has 7 rings (SSSR count). The van der Waals surface area contributed by atoms with E-state index in [0.29, 0.717) is 36.5 Å². The van der Waals surface area contributed by atoms with Crippen molar-refractivity contribution in [2.75, 3.05) is 24.6 Å². The van der Waals surface area contributed by atoms with Gasteiger partial charge < -0.3 is 14.4 Å². The molecule has 5 aromatic rings. The minimum Gasteiger partial charge on any atom is -0.490 e. The average molecular weight is 672 g/mol. The Morgan fingerprint density at radius 2 is 1.39 bits per heavy atom. The molecule has 5 aromatic carbocycles. The third-order valence-corrected chi connectivity index (χ3v) is 9.79. The third-order valence-electron chi connectivity index (χ3n) is 9.20. The van der Waals surface area contributed by atoms with Crippen molar-refractivity contribution in [1.29, 1.82) is 0 Å². The van der Waals surface area contributed by atoms with Gasteiger partial charge in [-0.05, 0) is 100 Å². The van der Waals surface area contributed by atoms with Crippen LogP contribution in [0.2, 0.25) is 0 Å². The van der Waals surface area contributed by atoms with Gasteiger partial charge in [0.25, 0.3) is 0 Å². The quantitative estimate of drug-likeness (QED) is 0.146. The molecule has 0 N–H and O–H groups in total. The van der Waals surface area contributed by atoms with E-state index >= 15 is 0 Å². The minimum absolute atomic E-state index is 0.347. The normalized spacial score (nSPS) is 17.2. The van der Waals surface area contributed by atoms with Crippen LogP contribution >= 0.6 is 15.9 Å². The molecule has 4 nitrogen and oxygen atoms in total. The Labute approximate surface area is 280 Å². The number of aliphatic imine (C=N–C) groups is 1. The number of ether oxygens (including phenoxy) is 2. The number of hydrogen-bond donors (Lipinski definition) is 0. The third kappa shape index (κ3) is 6.34. The number of halogens is 1. The zero-order chi connectivity index (χ0) is 31.5. The molecule has 5 heteroatoms. The first-order valence-electron chi connectivity index (χ1n) is 16.3. The van der Waals surface area contributed by atoms with E-state index in [1.807, 2.05) is 19.2 Å². The van der Waals surface area contributed by atoms with Crippen LogP contribution in [-0.2, 0) is 6.61 Å². The lowest BCUT2D eigenvalue weighted by atomic mass is 9.76. The molecular weight excluding hydrogens is 632 g/mol. The monoisotopic (exact) mass is 670 g/mol. The van der Waals surface area contributed by atoms with Crippen molar-refractivity contribution in [1.82, 2.24) is 0 Å².